The van der Waals surface area contributed by atoms with Gasteiger partial charge in [0.2, 0.25) is 5.91 Å². The average Bonchev–Trinajstić information content (AvgIpc) is 3.05. The standard InChI is InChI=1S/C15H21N3O/c1-3-10(4-2)7-13(9-16)18-15(19)14-11-5-6-12(8-11)17-14/h3-4,11-14,17H,1,5-8H2,2H3,(H,18,19)/b10-4+. The molecule has 1 saturated carbocycles. The number of carbonyl (C=O) groups is 1. The summed E-state index contributed by atoms with van der Waals surface area (Å²) in [6.45, 7) is 5.61. The van der Waals surface area contributed by atoms with Crippen LogP contribution in [0.5, 0.6) is 0 Å². The topological polar surface area (TPSA) is 64.9 Å². The molecular formula is C15H21N3O. The van der Waals surface area contributed by atoms with Crippen molar-refractivity contribution >= 4 is 5.91 Å². The molecule has 102 valence electrons. The predicted molar refractivity (Wildman–Crippen MR) is 74.2 cm³/mol. The maximum absolute atomic E-state index is 12.2. The van der Waals surface area contributed by atoms with E-state index < -0.39 is 6.04 Å². The Labute approximate surface area is 114 Å². The molecule has 4 unspecified atom stereocenters. The lowest BCUT2D eigenvalue weighted by Gasteiger charge is -2.23. The van der Waals surface area contributed by atoms with E-state index in [-0.39, 0.29) is 11.9 Å². The van der Waals surface area contributed by atoms with Crippen molar-refractivity contribution in [2.75, 3.05) is 0 Å². The molecule has 2 N–H and O–H groups in total. The van der Waals surface area contributed by atoms with Crippen molar-refractivity contribution in [2.45, 2.75) is 50.7 Å². The summed E-state index contributed by atoms with van der Waals surface area (Å²) in [5.74, 6) is 0.420. The number of nitrogens with one attached hydrogen (secondary N) is 2. The fraction of sp³-hybridized carbons (Fsp3) is 0.600. The van der Waals surface area contributed by atoms with E-state index in [4.69, 9.17) is 5.26 Å². The van der Waals surface area contributed by atoms with Gasteiger partial charge in [-0.2, -0.15) is 5.26 Å². The van der Waals surface area contributed by atoms with Crippen molar-refractivity contribution in [1.82, 2.24) is 10.6 Å². The molecule has 0 radical (unpaired) electrons. The zero-order valence-corrected chi connectivity index (χ0v) is 11.4. The number of nitriles is 1. The molecule has 1 saturated heterocycles. The van der Waals surface area contributed by atoms with E-state index in [0.717, 1.165) is 18.4 Å². The molecule has 2 aliphatic rings. The Bertz CT molecular complexity index is 435. The highest BCUT2D eigenvalue weighted by atomic mass is 16.2. The van der Waals surface area contributed by atoms with Gasteiger partial charge in [-0.3, -0.25) is 4.79 Å². The van der Waals surface area contributed by atoms with Gasteiger partial charge in [0.05, 0.1) is 12.1 Å². The van der Waals surface area contributed by atoms with E-state index >= 15 is 0 Å². The van der Waals surface area contributed by atoms with Gasteiger partial charge in [-0.15, -0.1) is 0 Å². The second-order valence-electron chi connectivity index (χ2n) is 5.38. The molecule has 4 nitrogen and oxygen atoms in total. The largest absolute Gasteiger partial charge is 0.339 e. The Morgan fingerprint density at radius 2 is 2.42 bits per heavy atom. The molecule has 1 aliphatic carbocycles. The van der Waals surface area contributed by atoms with Gasteiger partial charge in [0.15, 0.2) is 0 Å². The van der Waals surface area contributed by atoms with Crippen LogP contribution in [0.15, 0.2) is 24.3 Å². The van der Waals surface area contributed by atoms with Gasteiger partial charge in [0.1, 0.15) is 6.04 Å². The first-order valence-corrected chi connectivity index (χ1v) is 6.91. The van der Waals surface area contributed by atoms with Gasteiger partial charge in [0.25, 0.3) is 0 Å². The summed E-state index contributed by atoms with van der Waals surface area (Å²) in [5.41, 5.74) is 0.979. The summed E-state index contributed by atoms with van der Waals surface area (Å²) >= 11 is 0. The molecule has 4 atom stereocenters. The van der Waals surface area contributed by atoms with E-state index in [1.54, 1.807) is 6.08 Å². The summed E-state index contributed by atoms with van der Waals surface area (Å²) in [5, 5.41) is 15.3. The van der Waals surface area contributed by atoms with Crippen LogP contribution in [-0.4, -0.2) is 24.0 Å². The lowest BCUT2D eigenvalue weighted by Crippen LogP contribution is -2.50. The summed E-state index contributed by atoms with van der Waals surface area (Å²) in [6, 6.07) is 2.07. The minimum absolute atomic E-state index is 0.0294. The van der Waals surface area contributed by atoms with E-state index in [0.29, 0.717) is 18.4 Å². The number of amides is 1. The second-order valence-corrected chi connectivity index (χ2v) is 5.38. The predicted octanol–water partition coefficient (Wildman–Crippen LogP) is 1.66. The zero-order chi connectivity index (χ0) is 13.8. The highest BCUT2D eigenvalue weighted by Gasteiger charge is 2.42. The number of nitrogens with zero attached hydrogens (tertiary/aromatic N) is 1. The third-order valence-corrected chi connectivity index (χ3v) is 4.19. The molecule has 0 aromatic carbocycles. The van der Waals surface area contributed by atoms with Crippen molar-refractivity contribution in [2.24, 2.45) is 5.92 Å². The number of hydrogen-bond donors (Lipinski definition) is 2. The van der Waals surface area contributed by atoms with Crippen LogP contribution in [-0.2, 0) is 4.79 Å². The number of fused-ring (bicyclic) bond motifs is 2. The summed E-state index contributed by atoms with van der Waals surface area (Å²) in [4.78, 5) is 12.2. The number of piperidine rings is 1. The van der Waals surface area contributed by atoms with Crippen molar-refractivity contribution in [3.05, 3.63) is 24.3 Å². The van der Waals surface area contributed by atoms with Crippen LogP contribution < -0.4 is 10.6 Å². The van der Waals surface area contributed by atoms with Crippen LogP contribution in [0.25, 0.3) is 0 Å². The fourth-order valence-corrected chi connectivity index (χ4v) is 3.10. The van der Waals surface area contributed by atoms with Gasteiger partial charge in [-0.1, -0.05) is 18.7 Å². The lowest BCUT2D eigenvalue weighted by molar-refractivity contribution is -0.124. The molecule has 0 aromatic heterocycles. The molecule has 2 bridgehead atoms. The van der Waals surface area contributed by atoms with Crippen LogP contribution in [0.3, 0.4) is 0 Å². The van der Waals surface area contributed by atoms with Crippen molar-refractivity contribution in [3.63, 3.8) is 0 Å². The van der Waals surface area contributed by atoms with E-state index in [1.165, 1.54) is 6.42 Å². The smallest absolute Gasteiger partial charge is 0.238 e. The summed E-state index contributed by atoms with van der Waals surface area (Å²) in [6.07, 6.45) is 7.56. The molecule has 4 heteroatoms. The maximum Gasteiger partial charge on any atom is 0.238 e. The Kier molecular flexibility index (Phi) is 4.39. The average molecular weight is 259 g/mol. The molecule has 0 spiro atoms. The molecule has 2 fully saturated rings. The SMILES string of the molecule is C=C/C(=C\C)CC(C#N)NC(=O)C1NC2CCC1C2. The Morgan fingerprint density at radius 1 is 1.63 bits per heavy atom. The lowest BCUT2D eigenvalue weighted by atomic mass is 9.98. The van der Waals surface area contributed by atoms with Crippen LogP contribution in [0.4, 0.5) is 0 Å². The van der Waals surface area contributed by atoms with Crippen LogP contribution >= 0.6 is 0 Å². The first kappa shape index (κ1) is 13.8. The van der Waals surface area contributed by atoms with Crippen molar-refractivity contribution in [1.29, 1.82) is 5.26 Å². The van der Waals surface area contributed by atoms with Gasteiger partial charge in [0, 0.05) is 12.5 Å². The Morgan fingerprint density at radius 3 is 2.89 bits per heavy atom. The first-order valence-electron chi connectivity index (χ1n) is 6.91. The molecule has 2 rings (SSSR count). The monoisotopic (exact) mass is 259 g/mol. The maximum atomic E-state index is 12.2. The number of hydrogen-bond acceptors (Lipinski definition) is 3. The number of carbonyl (C=O) groups excluding carboxylic acids is 1. The van der Waals surface area contributed by atoms with Crippen LogP contribution in [0.2, 0.25) is 0 Å². The molecule has 0 aromatic rings. The first-order chi connectivity index (χ1) is 9.17. The molecule has 1 aliphatic heterocycles. The highest BCUT2D eigenvalue weighted by molar-refractivity contribution is 5.83. The van der Waals surface area contributed by atoms with E-state index in [9.17, 15) is 4.79 Å². The summed E-state index contributed by atoms with van der Waals surface area (Å²) < 4.78 is 0. The van der Waals surface area contributed by atoms with E-state index in [2.05, 4.69) is 23.3 Å². The number of allylic oxidation sites excluding steroid dienone is 2. The van der Waals surface area contributed by atoms with Crippen molar-refractivity contribution in [3.8, 4) is 6.07 Å². The molecule has 1 heterocycles. The minimum atomic E-state index is -0.474. The Hall–Kier alpha value is -1.60. The Balaban J connectivity index is 1.90. The van der Waals surface area contributed by atoms with Gasteiger partial charge >= 0.3 is 0 Å². The van der Waals surface area contributed by atoms with Crippen molar-refractivity contribution < 1.29 is 4.79 Å². The van der Waals surface area contributed by atoms with E-state index in [1.807, 2.05) is 13.0 Å². The quantitative estimate of drug-likeness (QED) is 0.738. The van der Waals surface area contributed by atoms with Gasteiger partial charge < -0.3 is 10.6 Å². The third-order valence-electron chi connectivity index (χ3n) is 4.19. The zero-order valence-electron chi connectivity index (χ0n) is 11.4. The second kappa shape index (κ2) is 6.03. The summed E-state index contributed by atoms with van der Waals surface area (Å²) in [7, 11) is 0. The van der Waals surface area contributed by atoms with Gasteiger partial charge in [-0.05, 0) is 37.7 Å². The molecule has 1 amide bonds. The molecule has 19 heavy (non-hydrogen) atoms. The normalized spacial score (nSPS) is 30.7. The third kappa shape index (κ3) is 3.05. The highest BCUT2D eigenvalue weighted by Crippen LogP contribution is 2.35. The molecular weight excluding hydrogens is 238 g/mol. The van der Waals surface area contributed by atoms with Crippen LogP contribution in [0.1, 0.15) is 32.6 Å². The minimum Gasteiger partial charge on any atom is -0.339 e. The fourth-order valence-electron chi connectivity index (χ4n) is 3.10. The van der Waals surface area contributed by atoms with Crippen LogP contribution in [0, 0.1) is 17.2 Å². The number of rotatable bonds is 5. The van der Waals surface area contributed by atoms with Gasteiger partial charge in [-0.25, -0.2) is 0 Å².